The molecule has 2 amide bonds. The molecule has 1 saturated carbocycles. The average molecular weight is 373 g/mol. The minimum Gasteiger partial charge on any atom is -0.369 e. The summed E-state index contributed by atoms with van der Waals surface area (Å²) in [6, 6.07) is 0. The summed E-state index contributed by atoms with van der Waals surface area (Å²) < 4.78 is 0. The first-order valence-electron chi connectivity index (χ1n) is 10.3. The molecule has 6 nitrogen and oxygen atoms in total. The average Bonchev–Trinajstić information content (AvgIpc) is 2.65. The van der Waals surface area contributed by atoms with Gasteiger partial charge in [-0.25, -0.2) is 9.97 Å². The number of piperidine rings is 1. The van der Waals surface area contributed by atoms with E-state index in [4.69, 9.17) is 5.73 Å². The highest BCUT2D eigenvalue weighted by Gasteiger charge is 2.29. The molecule has 1 aliphatic heterocycles. The molecule has 6 heteroatoms. The lowest BCUT2D eigenvalue weighted by Crippen LogP contribution is -2.40. The predicted molar refractivity (Wildman–Crippen MR) is 104 cm³/mol. The van der Waals surface area contributed by atoms with Gasteiger partial charge < -0.3 is 10.6 Å². The molecule has 0 unspecified atom stereocenters. The SMILES string of the molecule is Cc1nc([C@H]2CCCN(C(=O)CC3CCCCC3)C2)nc(C)c1CC(N)=O. The van der Waals surface area contributed by atoms with E-state index in [2.05, 4.69) is 9.97 Å². The fraction of sp³-hybridized carbons (Fsp3) is 0.714. The Labute approximate surface area is 161 Å². The molecule has 0 spiro atoms. The molecular formula is C21H32N4O2. The summed E-state index contributed by atoms with van der Waals surface area (Å²) in [5, 5.41) is 0. The van der Waals surface area contributed by atoms with Crippen molar-refractivity contribution in [3.63, 3.8) is 0 Å². The molecule has 148 valence electrons. The summed E-state index contributed by atoms with van der Waals surface area (Å²) in [4.78, 5) is 35.4. The molecule has 2 aliphatic rings. The lowest BCUT2D eigenvalue weighted by Gasteiger charge is -2.34. The molecule has 2 N–H and O–H groups in total. The lowest BCUT2D eigenvalue weighted by molar-refractivity contribution is -0.133. The molecule has 27 heavy (non-hydrogen) atoms. The van der Waals surface area contributed by atoms with Gasteiger partial charge in [0.1, 0.15) is 5.82 Å². The number of amides is 2. The Kier molecular flexibility index (Phi) is 6.45. The normalized spacial score (nSPS) is 21.3. The topological polar surface area (TPSA) is 89.2 Å². The highest BCUT2D eigenvalue weighted by molar-refractivity contribution is 5.77. The van der Waals surface area contributed by atoms with Crippen LogP contribution in [-0.4, -0.2) is 39.8 Å². The van der Waals surface area contributed by atoms with Gasteiger partial charge in [-0.05, 0) is 45.4 Å². The summed E-state index contributed by atoms with van der Waals surface area (Å²) in [7, 11) is 0. The number of carbonyl (C=O) groups excluding carboxylic acids is 2. The molecule has 1 aromatic rings. The van der Waals surface area contributed by atoms with Crippen molar-refractivity contribution in [3.05, 3.63) is 22.8 Å². The Balaban J connectivity index is 1.66. The fourth-order valence-corrected chi connectivity index (χ4v) is 4.56. The van der Waals surface area contributed by atoms with Crippen molar-refractivity contribution in [2.75, 3.05) is 13.1 Å². The van der Waals surface area contributed by atoms with Gasteiger partial charge in [0.2, 0.25) is 11.8 Å². The second-order valence-corrected chi connectivity index (χ2v) is 8.26. The first-order chi connectivity index (χ1) is 12.9. The van der Waals surface area contributed by atoms with Gasteiger partial charge in [0.05, 0.1) is 6.42 Å². The first kappa shape index (κ1) is 19.8. The minimum atomic E-state index is -0.366. The van der Waals surface area contributed by atoms with Crippen LogP contribution in [-0.2, 0) is 16.0 Å². The number of likely N-dealkylation sites (tertiary alicyclic amines) is 1. The van der Waals surface area contributed by atoms with E-state index in [1.165, 1.54) is 32.1 Å². The van der Waals surface area contributed by atoms with Crippen LogP contribution in [0.25, 0.3) is 0 Å². The van der Waals surface area contributed by atoms with E-state index >= 15 is 0 Å². The van der Waals surface area contributed by atoms with Gasteiger partial charge in [0.25, 0.3) is 0 Å². The minimum absolute atomic E-state index is 0.175. The third kappa shape index (κ3) is 5.05. The van der Waals surface area contributed by atoms with Crippen LogP contribution in [0, 0.1) is 19.8 Å². The predicted octanol–water partition coefficient (Wildman–Crippen LogP) is 2.80. The van der Waals surface area contributed by atoms with Crippen LogP contribution in [0.15, 0.2) is 0 Å². The van der Waals surface area contributed by atoms with Crippen LogP contribution >= 0.6 is 0 Å². The van der Waals surface area contributed by atoms with E-state index in [9.17, 15) is 9.59 Å². The molecule has 0 aromatic carbocycles. The third-order valence-electron chi connectivity index (χ3n) is 6.12. The van der Waals surface area contributed by atoms with Gasteiger partial charge in [-0.15, -0.1) is 0 Å². The summed E-state index contributed by atoms with van der Waals surface area (Å²) in [6.07, 6.45) is 9.12. The molecular weight excluding hydrogens is 340 g/mol. The summed E-state index contributed by atoms with van der Waals surface area (Å²) in [5.41, 5.74) is 7.80. The Morgan fingerprint density at radius 2 is 1.70 bits per heavy atom. The van der Waals surface area contributed by atoms with Gasteiger partial charge in [-0.3, -0.25) is 9.59 Å². The van der Waals surface area contributed by atoms with E-state index in [0.29, 0.717) is 24.8 Å². The van der Waals surface area contributed by atoms with Gasteiger partial charge in [-0.1, -0.05) is 19.3 Å². The van der Waals surface area contributed by atoms with Crippen molar-refractivity contribution in [2.45, 2.75) is 77.6 Å². The zero-order valence-corrected chi connectivity index (χ0v) is 16.7. The molecule has 0 bridgehead atoms. The molecule has 1 aromatic heterocycles. The molecule has 0 radical (unpaired) electrons. The first-order valence-corrected chi connectivity index (χ1v) is 10.3. The zero-order valence-electron chi connectivity index (χ0n) is 16.7. The fourth-order valence-electron chi connectivity index (χ4n) is 4.56. The maximum atomic E-state index is 12.8. The number of rotatable bonds is 5. The molecule has 1 atom stereocenters. The molecule has 1 aliphatic carbocycles. The molecule has 2 fully saturated rings. The van der Waals surface area contributed by atoms with Crippen molar-refractivity contribution in [1.29, 1.82) is 0 Å². The van der Waals surface area contributed by atoms with Gasteiger partial charge in [0, 0.05) is 42.4 Å². The van der Waals surface area contributed by atoms with Gasteiger partial charge in [-0.2, -0.15) is 0 Å². The highest BCUT2D eigenvalue weighted by Crippen LogP contribution is 2.30. The summed E-state index contributed by atoms with van der Waals surface area (Å²) in [6.45, 7) is 5.37. The van der Waals surface area contributed by atoms with Crippen molar-refractivity contribution in [2.24, 2.45) is 11.7 Å². The number of nitrogens with two attached hydrogens (primary N) is 1. The molecule has 2 heterocycles. The number of hydrogen-bond acceptors (Lipinski definition) is 4. The number of carbonyl (C=O) groups is 2. The van der Waals surface area contributed by atoms with Crippen LogP contribution in [0.2, 0.25) is 0 Å². The smallest absolute Gasteiger partial charge is 0.222 e. The van der Waals surface area contributed by atoms with Crippen molar-refractivity contribution >= 4 is 11.8 Å². The zero-order chi connectivity index (χ0) is 19.4. The van der Waals surface area contributed by atoms with E-state index in [1.807, 2.05) is 18.7 Å². The third-order valence-corrected chi connectivity index (χ3v) is 6.12. The Hall–Kier alpha value is -1.98. The molecule has 3 rings (SSSR count). The van der Waals surface area contributed by atoms with Crippen LogP contribution in [0.4, 0.5) is 0 Å². The van der Waals surface area contributed by atoms with E-state index in [0.717, 1.165) is 42.2 Å². The second-order valence-electron chi connectivity index (χ2n) is 8.26. The standard InChI is InChI=1S/C21H32N4O2/c1-14-18(12-19(22)26)15(2)24-21(23-14)17-9-6-10-25(13-17)20(27)11-16-7-4-3-5-8-16/h16-17H,3-13H2,1-2H3,(H2,22,26)/t17-/m0/s1. The Morgan fingerprint density at radius 3 is 2.33 bits per heavy atom. The number of hydrogen-bond donors (Lipinski definition) is 1. The maximum absolute atomic E-state index is 12.8. The van der Waals surface area contributed by atoms with E-state index in [-0.39, 0.29) is 18.2 Å². The summed E-state index contributed by atoms with van der Waals surface area (Å²) in [5.74, 6) is 1.48. The highest BCUT2D eigenvalue weighted by atomic mass is 16.2. The van der Waals surface area contributed by atoms with Crippen LogP contribution in [0.3, 0.4) is 0 Å². The van der Waals surface area contributed by atoms with E-state index in [1.54, 1.807) is 0 Å². The van der Waals surface area contributed by atoms with Crippen LogP contribution < -0.4 is 5.73 Å². The quantitative estimate of drug-likeness (QED) is 0.861. The lowest BCUT2D eigenvalue weighted by atomic mass is 9.86. The van der Waals surface area contributed by atoms with Crippen molar-refractivity contribution in [1.82, 2.24) is 14.9 Å². The second kappa shape index (κ2) is 8.81. The summed E-state index contributed by atoms with van der Waals surface area (Å²) >= 11 is 0. The van der Waals surface area contributed by atoms with Gasteiger partial charge in [0.15, 0.2) is 0 Å². The number of aryl methyl sites for hydroxylation is 2. The van der Waals surface area contributed by atoms with E-state index < -0.39 is 0 Å². The van der Waals surface area contributed by atoms with Crippen molar-refractivity contribution in [3.8, 4) is 0 Å². The Bertz CT molecular complexity index is 674. The van der Waals surface area contributed by atoms with Gasteiger partial charge >= 0.3 is 0 Å². The largest absolute Gasteiger partial charge is 0.369 e. The number of primary amides is 1. The van der Waals surface area contributed by atoms with Crippen LogP contribution in [0.5, 0.6) is 0 Å². The van der Waals surface area contributed by atoms with Crippen LogP contribution in [0.1, 0.15) is 80.1 Å². The maximum Gasteiger partial charge on any atom is 0.222 e. The Morgan fingerprint density at radius 1 is 1.04 bits per heavy atom. The number of aromatic nitrogens is 2. The monoisotopic (exact) mass is 372 g/mol. The molecule has 1 saturated heterocycles. The number of nitrogens with zero attached hydrogens (tertiary/aromatic N) is 3. The van der Waals surface area contributed by atoms with Crippen molar-refractivity contribution < 1.29 is 9.59 Å².